The average molecular weight is 412 g/mol. The molecule has 1 aromatic carbocycles. The zero-order valence-corrected chi connectivity index (χ0v) is 17.9. The first-order valence-electron chi connectivity index (χ1n) is 11.2. The van der Waals surface area contributed by atoms with Crippen LogP contribution in [0.25, 0.3) is 10.9 Å². The summed E-state index contributed by atoms with van der Waals surface area (Å²) in [6.07, 6.45) is 5.77. The Morgan fingerprint density at radius 2 is 2.03 bits per heavy atom. The molecular formula is C23H33N5O2. The van der Waals surface area contributed by atoms with E-state index in [-0.39, 0.29) is 12.0 Å². The Kier molecular flexibility index (Phi) is 6.89. The van der Waals surface area contributed by atoms with Crippen LogP contribution in [-0.4, -0.2) is 78.6 Å². The fourth-order valence-electron chi connectivity index (χ4n) is 4.33. The number of aromatic amines is 1. The van der Waals surface area contributed by atoms with Gasteiger partial charge in [-0.3, -0.25) is 9.79 Å². The first-order chi connectivity index (χ1) is 14.8. The minimum absolute atomic E-state index is 0.160. The lowest BCUT2D eigenvalue weighted by Gasteiger charge is -2.37. The molecule has 2 N–H and O–H groups in total. The summed E-state index contributed by atoms with van der Waals surface area (Å²) in [6, 6.07) is 8.43. The third kappa shape index (κ3) is 4.78. The molecular weight excluding hydrogens is 378 g/mol. The second-order valence-electron chi connectivity index (χ2n) is 8.01. The number of piperazine rings is 1. The van der Waals surface area contributed by atoms with Crippen molar-refractivity contribution in [3.05, 3.63) is 36.0 Å². The lowest BCUT2D eigenvalue weighted by molar-refractivity contribution is -0.142. The molecule has 1 atom stereocenters. The number of amides is 1. The van der Waals surface area contributed by atoms with Crippen molar-refractivity contribution in [1.82, 2.24) is 20.1 Å². The Balaban J connectivity index is 1.28. The maximum Gasteiger partial charge on any atom is 0.251 e. The summed E-state index contributed by atoms with van der Waals surface area (Å²) in [7, 11) is 0. The van der Waals surface area contributed by atoms with Gasteiger partial charge in [0.1, 0.15) is 6.10 Å². The summed E-state index contributed by atoms with van der Waals surface area (Å²) >= 11 is 0. The zero-order valence-electron chi connectivity index (χ0n) is 17.9. The number of aliphatic imine (C=N–C) groups is 1. The molecule has 2 aromatic rings. The van der Waals surface area contributed by atoms with Gasteiger partial charge in [-0.1, -0.05) is 18.2 Å². The second kappa shape index (κ2) is 9.98. The van der Waals surface area contributed by atoms with Crippen LogP contribution < -0.4 is 5.32 Å². The number of nitrogens with one attached hydrogen (secondary N) is 2. The van der Waals surface area contributed by atoms with Gasteiger partial charge < -0.3 is 24.8 Å². The molecule has 1 aromatic heterocycles. The predicted octanol–water partition coefficient (Wildman–Crippen LogP) is 2.39. The Morgan fingerprint density at radius 3 is 2.80 bits per heavy atom. The van der Waals surface area contributed by atoms with Crippen LogP contribution in [0.5, 0.6) is 0 Å². The van der Waals surface area contributed by atoms with Crippen molar-refractivity contribution in [2.75, 3.05) is 45.9 Å². The maximum atomic E-state index is 12.6. The Labute approximate surface area is 178 Å². The van der Waals surface area contributed by atoms with Crippen LogP contribution in [0.3, 0.4) is 0 Å². The van der Waals surface area contributed by atoms with E-state index in [4.69, 9.17) is 9.73 Å². The van der Waals surface area contributed by atoms with Crippen LogP contribution in [0, 0.1) is 0 Å². The highest BCUT2D eigenvalue weighted by Crippen LogP contribution is 2.19. The fourth-order valence-corrected chi connectivity index (χ4v) is 4.33. The molecule has 0 spiro atoms. The highest BCUT2D eigenvalue weighted by molar-refractivity contribution is 5.83. The van der Waals surface area contributed by atoms with Gasteiger partial charge in [0, 0.05) is 63.0 Å². The number of benzene rings is 1. The smallest absolute Gasteiger partial charge is 0.251 e. The van der Waals surface area contributed by atoms with Crippen LogP contribution in [-0.2, 0) is 16.0 Å². The monoisotopic (exact) mass is 411 g/mol. The molecule has 2 saturated heterocycles. The predicted molar refractivity (Wildman–Crippen MR) is 120 cm³/mol. The van der Waals surface area contributed by atoms with Gasteiger partial charge in [0.25, 0.3) is 5.91 Å². The molecule has 1 unspecified atom stereocenters. The summed E-state index contributed by atoms with van der Waals surface area (Å²) in [5.74, 6) is 1.12. The van der Waals surface area contributed by atoms with Crippen molar-refractivity contribution >= 4 is 22.8 Å². The van der Waals surface area contributed by atoms with E-state index in [1.165, 1.54) is 16.5 Å². The van der Waals surface area contributed by atoms with Gasteiger partial charge in [-0.15, -0.1) is 0 Å². The van der Waals surface area contributed by atoms with E-state index >= 15 is 0 Å². The Bertz CT molecular complexity index is 863. The molecule has 1 amide bonds. The van der Waals surface area contributed by atoms with Crippen LogP contribution in [0.4, 0.5) is 0 Å². The number of H-pyrrole nitrogens is 1. The molecule has 7 heteroatoms. The van der Waals surface area contributed by atoms with Crippen molar-refractivity contribution in [2.24, 2.45) is 4.99 Å². The minimum atomic E-state index is -0.219. The van der Waals surface area contributed by atoms with Crippen molar-refractivity contribution in [1.29, 1.82) is 0 Å². The first kappa shape index (κ1) is 20.7. The lowest BCUT2D eigenvalue weighted by Crippen LogP contribution is -2.55. The van der Waals surface area contributed by atoms with Crippen molar-refractivity contribution in [3.8, 4) is 0 Å². The Morgan fingerprint density at radius 1 is 1.23 bits per heavy atom. The molecule has 7 nitrogen and oxygen atoms in total. The standard InChI is InChI=1S/C23H33N5O2/c1-2-24-23(25-11-5-7-18-17-26-20-9-4-3-8-19(18)20)28-14-12-27(13-15-28)22(29)21-10-6-16-30-21/h3-4,8-9,17,21,26H,2,5-7,10-16H2,1H3,(H,24,25). The number of guanidine groups is 1. The summed E-state index contributed by atoms with van der Waals surface area (Å²) < 4.78 is 5.56. The van der Waals surface area contributed by atoms with Gasteiger partial charge in [0.2, 0.25) is 0 Å². The highest BCUT2D eigenvalue weighted by Gasteiger charge is 2.30. The van der Waals surface area contributed by atoms with Crippen LogP contribution >= 0.6 is 0 Å². The Hall–Kier alpha value is -2.54. The number of nitrogens with zero attached hydrogens (tertiary/aromatic N) is 3. The second-order valence-corrected chi connectivity index (χ2v) is 8.01. The molecule has 2 fully saturated rings. The van der Waals surface area contributed by atoms with Gasteiger partial charge in [-0.05, 0) is 44.2 Å². The van der Waals surface area contributed by atoms with E-state index in [2.05, 4.69) is 52.6 Å². The first-order valence-corrected chi connectivity index (χ1v) is 11.2. The van der Waals surface area contributed by atoms with E-state index in [0.717, 1.165) is 70.9 Å². The van der Waals surface area contributed by atoms with Crippen molar-refractivity contribution in [3.63, 3.8) is 0 Å². The van der Waals surface area contributed by atoms with Gasteiger partial charge in [-0.2, -0.15) is 0 Å². The van der Waals surface area contributed by atoms with Gasteiger partial charge in [0.05, 0.1) is 0 Å². The molecule has 0 radical (unpaired) electrons. The molecule has 4 rings (SSSR count). The van der Waals surface area contributed by atoms with E-state index in [1.54, 1.807) is 0 Å². The van der Waals surface area contributed by atoms with E-state index in [9.17, 15) is 4.79 Å². The summed E-state index contributed by atoms with van der Waals surface area (Å²) in [4.78, 5) is 25.0. The van der Waals surface area contributed by atoms with Crippen LogP contribution in [0.2, 0.25) is 0 Å². The number of rotatable bonds is 6. The molecule has 162 valence electrons. The molecule has 3 heterocycles. The lowest BCUT2D eigenvalue weighted by atomic mass is 10.1. The highest BCUT2D eigenvalue weighted by atomic mass is 16.5. The average Bonchev–Trinajstić information content (AvgIpc) is 3.46. The molecule has 0 saturated carbocycles. The maximum absolute atomic E-state index is 12.6. The fraction of sp³-hybridized carbons (Fsp3) is 0.565. The van der Waals surface area contributed by atoms with Gasteiger partial charge in [-0.25, -0.2) is 0 Å². The van der Waals surface area contributed by atoms with Crippen molar-refractivity contribution < 1.29 is 9.53 Å². The number of hydrogen-bond acceptors (Lipinski definition) is 3. The van der Waals surface area contributed by atoms with E-state index < -0.39 is 0 Å². The molecule has 0 bridgehead atoms. The number of hydrogen-bond donors (Lipinski definition) is 2. The number of aromatic nitrogens is 1. The van der Waals surface area contributed by atoms with Gasteiger partial charge >= 0.3 is 0 Å². The summed E-state index contributed by atoms with van der Waals surface area (Å²) in [5, 5.41) is 4.72. The van der Waals surface area contributed by atoms with Crippen LogP contribution in [0.15, 0.2) is 35.5 Å². The largest absolute Gasteiger partial charge is 0.368 e. The number of para-hydroxylation sites is 1. The number of carbonyl (C=O) groups is 1. The van der Waals surface area contributed by atoms with E-state index in [0.29, 0.717) is 6.61 Å². The number of ether oxygens (including phenoxy) is 1. The van der Waals surface area contributed by atoms with E-state index in [1.807, 2.05) is 4.90 Å². The van der Waals surface area contributed by atoms with Crippen molar-refractivity contribution in [2.45, 2.75) is 38.7 Å². The molecule has 2 aliphatic rings. The quantitative estimate of drug-likeness (QED) is 0.435. The number of aryl methyl sites for hydroxylation is 1. The molecule has 2 aliphatic heterocycles. The molecule has 30 heavy (non-hydrogen) atoms. The summed E-state index contributed by atoms with van der Waals surface area (Å²) in [5.41, 5.74) is 2.55. The zero-order chi connectivity index (χ0) is 20.8. The topological polar surface area (TPSA) is 73.0 Å². The SMILES string of the molecule is CCNC(=NCCCc1c[nH]c2ccccc12)N1CCN(C(=O)C2CCCO2)CC1. The third-order valence-electron chi connectivity index (χ3n) is 5.97. The summed E-state index contributed by atoms with van der Waals surface area (Å²) in [6.45, 7) is 7.54. The third-order valence-corrected chi connectivity index (χ3v) is 5.97. The minimum Gasteiger partial charge on any atom is -0.368 e. The normalized spacial score (nSPS) is 20.2. The van der Waals surface area contributed by atoms with Crippen LogP contribution in [0.1, 0.15) is 31.7 Å². The number of fused-ring (bicyclic) bond motifs is 1. The number of carbonyl (C=O) groups excluding carboxylic acids is 1. The van der Waals surface area contributed by atoms with Gasteiger partial charge in [0.15, 0.2) is 5.96 Å². The molecule has 0 aliphatic carbocycles.